The molecule has 6 nitrogen and oxygen atoms in total. The predicted molar refractivity (Wildman–Crippen MR) is 67.7 cm³/mol. The summed E-state index contributed by atoms with van der Waals surface area (Å²) in [7, 11) is 0. The number of anilines is 1. The molecule has 0 amide bonds. The normalized spacial score (nSPS) is 21.0. The van der Waals surface area contributed by atoms with Crippen LogP contribution in [0.15, 0.2) is 18.3 Å². The Morgan fingerprint density at radius 1 is 1.22 bits per heavy atom. The van der Waals surface area contributed by atoms with Gasteiger partial charge in [-0.15, -0.1) is 0 Å². The maximum Gasteiger partial charge on any atom is 0.363 e. The van der Waals surface area contributed by atoms with E-state index in [-0.39, 0.29) is 5.82 Å². The van der Waals surface area contributed by atoms with Crippen LogP contribution >= 0.6 is 0 Å². The summed E-state index contributed by atoms with van der Waals surface area (Å²) in [6, 6.07) is 4.09. The van der Waals surface area contributed by atoms with Gasteiger partial charge in [-0.3, -0.25) is 4.90 Å². The summed E-state index contributed by atoms with van der Waals surface area (Å²) in [6.07, 6.45) is 4.29. The Labute approximate surface area is 105 Å². The molecule has 6 heteroatoms. The van der Waals surface area contributed by atoms with E-state index in [4.69, 9.17) is 0 Å². The van der Waals surface area contributed by atoms with Gasteiger partial charge in [-0.1, -0.05) is 0 Å². The van der Waals surface area contributed by atoms with Crippen LogP contribution in [0.3, 0.4) is 0 Å². The predicted octanol–water partition coefficient (Wildman–Crippen LogP) is 1.27. The van der Waals surface area contributed by atoms with Gasteiger partial charge in [-0.25, -0.2) is 0 Å². The number of hydrogen-bond acceptors (Lipinski definition) is 5. The number of piperazine rings is 1. The molecule has 1 aliphatic carbocycles. The number of aromatic nitrogens is 1. The van der Waals surface area contributed by atoms with Crippen molar-refractivity contribution < 1.29 is 4.92 Å². The second kappa shape index (κ2) is 4.53. The Morgan fingerprint density at radius 2 is 1.94 bits per heavy atom. The van der Waals surface area contributed by atoms with Crippen LogP contribution in [-0.4, -0.2) is 47.0 Å². The van der Waals surface area contributed by atoms with Crippen molar-refractivity contribution in [3.8, 4) is 0 Å². The molecule has 0 atom stereocenters. The second-order valence-electron chi connectivity index (χ2n) is 4.89. The molecule has 3 rings (SSSR count). The molecule has 96 valence electrons. The van der Waals surface area contributed by atoms with Gasteiger partial charge in [0.15, 0.2) is 6.20 Å². The minimum absolute atomic E-state index is 0.0876. The van der Waals surface area contributed by atoms with E-state index in [0.717, 1.165) is 37.9 Å². The van der Waals surface area contributed by atoms with Crippen LogP contribution in [0.1, 0.15) is 12.8 Å². The molecule has 2 aliphatic rings. The van der Waals surface area contributed by atoms with Gasteiger partial charge in [-0.2, -0.15) is 0 Å². The molecule has 1 saturated carbocycles. The second-order valence-corrected chi connectivity index (χ2v) is 4.89. The lowest BCUT2D eigenvalue weighted by Crippen LogP contribution is -2.47. The monoisotopic (exact) mass is 248 g/mol. The molecule has 1 aromatic rings. The quantitative estimate of drug-likeness (QED) is 0.595. The van der Waals surface area contributed by atoms with E-state index in [0.29, 0.717) is 0 Å². The van der Waals surface area contributed by atoms with Crippen molar-refractivity contribution in [3.05, 3.63) is 28.4 Å². The van der Waals surface area contributed by atoms with Crippen LogP contribution < -0.4 is 4.90 Å². The van der Waals surface area contributed by atoms with Crippen LogP contribution in [-0.2, 0) is 0 Å². The number of hydrogen-bond donors (Lipinski definition) is 0. The molecule has 0 unspecified atom stereocenters. The average molecular weight is 248 g/mol. The maximum absolute atomic E-state index is 10.5. The molecule has 1 aliphatic heterocycles. The lowest BCUT2D eigenvalue weighted by molar-refractivity contribution is -0.389. The molecule has 0 aromatic carbocycles. The molecule has 0 bridgehead atoms. The van der Waals surface area contributed by atoms with Gasteiger partial charge in [0, 0.05) is 38.3 Å². The lowest BCUT2D eigenvalue weighted by Gasteiger charge is -2.35. The molecular formula is C12H16N4O2. The van der Waals surface area contributed by atoms with E-state index in [1.807, 2.05) is 0 Å². The molecule has 2 heterocycles. The van der Waals surface area contributed by atoms with Gasteiger partial charge in [-0.05, 0) is 28.8 Å². The first-order valence-electron chi connectivity index (χ1n) is 6.33. The fourth-order valence-corrected chi connectivity index (χ4v) is 2.46. The zero-order valence-electron chi connectivity index (χ0n) is 10.2. The van der Waals surface area contributed by atoms with Crippen LogP contribution in [0.4, 0.5) is 11.5 Å². The largest absolute Gasteiger partial charge is 0.366 e. The summed E-state index contributed by atoms with van der Waals surface area (Å²) in [4.78, 5) is 18.7. The zero-order chi connectivity index (χ0) is 12.5. The van der Waals surface area contributed by atoms with E-state index in [1.54, 1.807) is 12.3 Å². The maximum atomic E-state index is 10.5. The van der Waals surface area contributed by atoms with Crippen molar-refractivity contribution in [2.24, 2.45) is 0 Å². The van der Waals surface area contributed by atoms with E-state index >= 15 is 0 Å². The highest BCUT2D eigenvalue weighted by atomic mass is 16.6. The minimum Gasteiger partial charge on any atom is -0.366 e. The molecular weight excluding hydrogens is 232 g/mol. The van der Waals surface area contributed by atoms with Crippen molar-refractivity contribution in [3.63, 3.8) is 0 Å². The Morgan fingerprint density at radius 3 is 2.44 bits per heavy atom. The molecule has 0 radical (unpaired) electrons. The van der Waals surface area contributed by atoms with Crippen molar-refractivity contribution >= 4 is 11.5 Å². The summed E-state index contributed by atoms with van der Waals surface area (Å²) in [5.41, 5.74) is 0.982. The van der Waals surface area contributed by atoms with Crippen molar-refractivity contribution in [2.75, 3.05) is 31.1 Å². The van der Waals surface area contributed by atoms with Crippen LogP contribution in [0.2, 0.25) is 0 Å². The lowest BCUT2D eigenvalue weighted by atomic mass is 10.2. The molecule has 18 heavy (non-hydrogen) atoms. The standard InChI is InChI=1S/C12H16N4O2/c17-16(18)12-4-3-11(9-13-12)15-7-5-14(6-8-15)10-1-2-10/h3-4,9-10H,1-2,5-8H2. The van der Waals surface area contributed by atoms with Gasteiger partial charge in [0.25, 0.3) is 0 Å². The van der Waals surface area contributed by atoms with Crippen LogP contribution in [0, 0.1) is 10.1 Å². The summed E-state index contributed by atoms with van der Waals surface area (Å²) < 4.78 is 0. The summed E-state index contributed by atoms with van der Waals surface area (Å²) in [5, 5.41) is 10.5. The van der Waals surface area contributed by atoms with Gasteiger partial charge >= 0.3 is 5.82 Å². The fourth-order valence-electron chi connectivity index (χ4n) is 2.46. The first-order chi connectivity index (χ1) is 8.74. The van der Waals surface area contributed by atoms with Crippen molar-refractivity contribution in [1.82, 2.24) is 9.88 Å². The van der Waals surface area contributed by atoms with E-state index in [2.05, 4.69) is 14.8 Å². The Kier molecular flexibility index (Phi) is 2.87. The van der Waals surface area contributed by atoms with Crippen LogP contribution in [0.25, 0.3) is 0 Å². The molecule has 0 N–H and O–H groups in total. The van der Waals surface area contributed by atoms with Gasteiger partial charge in [0.2, 0.25) is 0 Å². The minimum atomic E-state index is -0.463. The van der Waals surface area contributed by atoms with Gasteiger partial charge in [0.1, 0.15) is 0 Å². The third-order valence-electron chi connectivity index (χ3n) is 3.66. The molecule has 1 aromatic heterocycles. The zero-order valence-corrected chi connectivity index (χ0v) is 10.2. The summed E-state index contributed by atoms with van der Waals surface area (Å²) in [5.74, 6) is -0.0876. The highest BCUT2D eigenvalue weighted by molar-refractivity contribution is 5.46. The number of nitrogens with zero attached hydrogens (tertiary/aromatic N) is 4. The third-order valence-corrected chi connectivity index (χ3v) is 3.66. The summed E-state index contributed by atoms with van der Waals surface area (Å²) in [6.45, 7) is 4.13. The number of rotatable bonds is 3. The first-order valence-corrected chi connectivity index (χ1v) is 6.33. The SMILES string of the molecule is O=[N+]([O-])c1ccc(N2CCN(C3CC3)CC2)cn1. The Balaban J connectivity index is 1.62. The number of nitro groups is 1. The first kappa shape index (κ1) is 11.4. The Hall–Kier alpha value is -1.69. The Bertz CT molecular complexity index is 436. The van der Waals surface area contributed by atoms with E-state index in [9.17, 15) is 10.1 Å². The van der Waals surface area contributed by atoms with Crippen molar-refractivity contribution in [2.45, 2.75) is 18.9 Å². The van der Waals surface area contributed by atoms with Gasteiger partial charge < -0.3 is 15.0 Å². The van der Waals surface area contributed by atoms with Gasteiger partial charge in [0.05, 0.1) is 5.69 Å². The summed E-state index contributed by atoms with van der Waals surface area (Å²) >= 11 is 0. The average Bonchev–Trinajstić information content (AvgIpc) is 3.23. The third kappa shape index (κ3) is 2.28. The van der Waals surface area contributed by atoms with Crippen LogP contribution in [0.5, 0.6) is 0 Å². The fraction of sp³-hybridized carbons (Fsp3) is 0.583. The smallest absolute Gasteiger partial charge is 0.363 e. The highest BCUT2D eigenvalue weighted by Crippen LogP contribution is 2.28. The van der Waals surface area contributed by atoms with E-state index < -0.39 is 4.92 Å². The molecule has 2 fully saturated rings. The highest BCUT2D eigenvalue weighted by Gasteiger charge is 2.31. The molecule has 0 spiro atoms. The molecule has 1 saturated heterocycles. The van der Waals surface area contributed by atoms with E-state index in [1.165, 1.54) is 18.9 Å². The van der Waals surface area contributed by atoms with Crippen molar-refractivity contribution in [1.29, 1.82) is 0 Å². The topological polar surface area (TPSA) is 62.5 Å². The number of pyridine rings is 1.